The second-order valence-corrected chi connectivity index (χ2v) is 8.79. The van der Waals surface area contributed by atoms with Gasteiger partial charge in [0, 0.05) is 22.9 Å². The number of halogens is 1. The van der Waals surface area contributed by atoms with E-state index < -0.39 is 24.0 Å². The van der Waals surface area contributed by atoms with Crippen molar-refractivity contribution < 1.29 is 18.7 Å². The van der Waals surface area contributed by atoms with Crippen LogP contribution in [0, 0.1) is 29.1 Å². The van der Waals surface area contributed by atoms with Crippen LogP contribution < -0.4 is 14.8 Å². The van der Waals surface area contributed by atoms with Gasteiger partial charge in [0.15, 0.2) is 6.17 Å². The summed E-state index contributed by atoms with van der Waals surface area (Å²) in [5.74, 6) is 6.05. The van der Waals surface area contributed by atoms with Crippen molar-refractivity contribution in [1.82, 2.24) is 15.2 Å². The van der Waals surface area contributed by atoms with Gasteiger partial charge in [-0.2, -0.15) is 5.26 Å². The number of methoxy groups -OCH3 is 1. The zero-order chi connectivity index (χ0) is 24.3. The van der Waals surface area contributed by atoms with Crippen LogP contribution >= 0.6 is 0 Å². The highest BCUT2D eigenvalue weighted by atomic mass is 19.1. The van der Waals surface area contributed by atoms with Crippen LogP contribution in [0.5, 0.6) is 11.6 Å². The molecule has 1 aliphatic rings. The van der Waals surface area contributed by atoms with Crippen molar-refractivity contribution >= 4 is 16.7 Å². The number of hydrogen-bond acceptors (Lipinski definition) is 6. The first-order valence-corrected chi connectivity index (χ1v) is 10.8. The van der Waals surface area contributed by atoms with Gasteiger partial charge in [0.05, 0.1) is 29.8 Å². The summed E-state index contributed by atoms with van der Waals surface area (Å²) in [5, 5.41) is 13.5. The SMILES string of the molecule is CC[C@@H]1[C@H](F)C(=O)N[C@@H]1COc1ncc(C#CC(C)(C)N(C)C)c2cc(C#N)c(OC)cc12. The summed E-state index contributed by atoms with van der Waals surface area (Å²) in [4.78, 5) is 18.2. The maximum Gasteiger partial charge on any atom is 0.255 e. The van der Waals surface area contributed by atoms with Gasteiger partial charge in [0.25, 0.3) is 5.91 Å². The predicted octanol–water partition coefficient (Wildman–Crippen LogP) is 3.05. The van der Waals surface area contributed by atoms with Crippen LogP contribution in [0.4, 0.5) is 4.39 Å². The smallest absolute Gasteiger partial charge is 0.255 e. The molecule has 0 saturated carbocycles. The summed E-state index contributed by atoms with van der Waals surface area (Å²) in [6, 6.07) is 5.10. The lowest BCUT2D eigenvalue weighted by Gasteiger charge is -2.26. The molecule has 3 atom stereocenters. The molecule has 1 fully saturated rings. The van der Waals surface area contributed by atoms with Crippen molar-refractivity contribution in [2.75, 3.05) is 27.8 Å². The summed E-state index contributed by atoms with van der Waals surface area (Å²) in [7, 11) is 5.39. The lowest BCUT2D eigenvalue weighted by atomic mass is 9.97. The summed E-state index contributed by atoms with van der Waals surface area (Å²) in [5.41, 5.74) is 0.646. The summed E-state index contributed by atoms with van der Waals surface area (Å²) >= 11 is 0. The monoisotopic (exact) mass is 452 g/mol. The van der Waals surface area contributed by atoms with E-state index in [9.17, 15) is 14.4 Å². The van der Waals surface area contributed by atoms with Gasteiger partial charge in [-0.15, -0.1) is 0 Å². The van der Waals surface area contributed by atoms with Gasteiger partial charge >= 0.3 is 0 Å². The molecule has 0 spiro atoms. The van der Waals surface area contributed by atoms with Crippen molar-refractivity contribution in [2.45, 2.75) is 44.9 Å². The van der Waals surface area contributed by atoms with Crippen molar-refractivity contribution in [3.63, 3.8) is 0 Å². The second-order valence-electron chi connectivity index (χ2n) is 8.79. The van der Waals surface area contributed by atoms with Gasteiger partial charge in [0.2, 0.25) is 5.88 Å². The Balaban J connectivity index is 2.04. The number of pyridine rings is 1. The lowest BCUT2D eigenvalue weighted by molar-refractivity contribution is -0.123. The number of carbonyl (C=O) groups excluding carboxylic acids is 1. The molecular weight excluding hydrogens is 423 g/mol. The zero-order valence-corrected chi connectivity index (χ0v) is 19.8. The lowest BCUT2D eigenvalue weighted by Crippen LogP contribution is -2.36. The molecular formula is C25H29FN4O3. The highest BCUT2D eigenvalue weighted by Gasteiger charge is 2.41. The number of hydrogen-bond donors (Lipinski definition) is 1. The molecule has 3 rings (SSSR count). The molecule has 33 heavy (non-hydrogen) atoms. The van der Waals surface area contributed by atoms with Crippen LogP contribution in [0.2, 0.25) is 0 Å². The van der Waals surface area contributed by atoms with E-state index in [-0.39, 0.29) is 12.1 Å². The van der Waals surface area contributed by atoms with E-state index in [1.807, 2.05) is 39.8 Å². The minimum Gasteiger partial charge on any atom is -0.495 e. The Bertz CT molecular complexity index is 1160. The molecule has 1 aliphatic heterocycles. The molecule has 174 valence electrons. The molecule has 2 heterocycles. The second kappa shape index (κ2) is 9.64. The third-order valence-corrected chi connectivity index (χ3v) is 6.25. The van der Waals surface area contributed by atoms with Crippen molar-refractivity contribution in [3.05, 3.63) is 29.5 Å². The number of nitrogens with one attached hydrogen (secondary N) is 1. The number of aromatic nitrogens is 1. The first kappa shape index (κ1) is 24.3. The number of carbonyl (C=O) groups is 1. The summed E-state index contributed by atoms with van der Waals surface area (Å²) in [6.45, 7) is 5.94. The first-order valence-electron chi connectivity index (χ1n) is 10.8. The Labute approximate surface area is 193 Å². The highest BCUT2D eigenvalue weighted by Crippen LogP contribution is 2.33. The molecule has 7 nitrogen and oxygen atoms in total. The Morgan fingerprint density at radius 2 is 2.00 bits per heavy atom. The Morgan fingerprint density at radius 1 is 1.27 bits per heavy atom. The quantitative estimate of drug-likeness (QED) is 0.678. The molecule has 0 radical (unpaired) electrons. The molecule has 1 saturated heterocycles. The predicted molar refractivity (Wildman–Crippen MR) is 124 cm³/mol. The molecule has 1 N–H and O–H groups in total. The number of nitriles is 1. The third-order valence-electron chi connectivity index (χ3n) is 6.25. The normalized spacial score (nSPS) is 20.2. The number of amides is 1. The minimum atomic E-state index is -1.54. The fourth-order valence-corrected chi connectivity index (χ4v) is 3.64. The Morgan fingerprint density at radius 3 is 2.61 bits per heavy atom. The van der Waals surface area contributed by atoms with Crippen LogP contribution in [0.3, 0.4) is 0 Å². The largest absolute Gasteiger partial charge is 0.495 e. The number of nitrogens with zero attached hydrogens (tertiary/aromatic N) is 3. The van der Waals surface area contributed by atoms with Crippen LogP contribution in [0.25, 0.3) is 10.8 Å². The fraction of sp³-hybridized carbons (Fsp3) is 0.480. The minimum absolute atomic E-state index is 0.0772. The van der Waals surface area contributed by atoms with Crippen LogP contribution in [0.15, 0.2) is 18.3 Å². The van der Waals surface area contributed by atoms with Gasteiger partial charge in [0.1, 0.15) is 18.4 Å². The molecule has 0 aliphatic carbocycles. The van der Waals surface area contributed by atoms with E-state index in [2.05, 4.69) is 28.2 Å². The number of ether oxygens (including phenoxy) is 2. The number of fused-ring (bicyclic) bond motifs is 1. The molecule has 8 heteroatoms. The van der Waals surface area contributed by atoms with Crippen molar-refractivity contribution in [2.24, 2.45) is 5.92 Å². The zero-order valence-electron chi connectivity index (χ0n) is 19.8. The third kappa shape index (κ3) is 4.86. The average Bonchev–Trinajstić information content (AvgIpc) is 3.07. The molecule has 0 unspecified atom stereocenters. The van der Waals surface area contributed by atoms with E-state index in [0.29, 0.717) is 39.9 Å². The summed E-state index contributed by atoms with van der Waals surface area (Å²) < 4.78 is 25.5. The number of rotatable bonds is 6. The van der Waals surface area contributed by atoms with E-state index in [1.165, 1.54) is 7.11 Å². The average molecular weight is 453 g/mol. The number of alkyl halides is 1. The molecule has 0 bridgehead atoms. The van der Waals surface area contributed by atoms with E-state index in [4.69, 9.17) is 9.47 Å². The van der Waals surface area contributed by atoms with Gasteiger partial charge in [-0.05, 0) is 46.5 Å². The maximum absolute atomic E-state index is 14.1. The van der Waals surface area contributed by atoms with Gasteiger partial charge < -0.3 is 14.8 Å². The number of benzene rings is 1. The summed E-state index contributed by atoms with van der Waals surface area (Å²) in [6.07, 6.45) is 0.578. The van der Waals surface area contributed by atoms with Crippen LogP contribution in [0.1, 0.15) is 38.3 Å². The maximum atomic E-state index is 14.1. The van der Waals surface area contributed by atoms with E-state index in [1.54, 1.807) is 18.3 Å². The highest BCUT2D eigenvalue weighted by molar-refractivity contribution is 5.94. The van der Waals surface area contributed by atoms with E-state index in [0.717, 1.165) is 0 Å². The standard InChI is InChI=1S/C25H29FN4O3/c1-7-17-20(29-23(31)22(17)26)14-33-24-19-11-21(32-6)16(12-27)10-18(19)15(13-28-24)8-9-25(2,3)30(4)5/h10-11,13,17,20,22H,7,14H2,1-6H3,(H,29,31)/t17-,20+,22-/m0/s1. The molecule has 1 aromatic carbocycles. The fourth-order valence-electron chi connectivity index (χ4n) is 3.64. The first-order chi connectivity index (χ1) is 15.6. The topological polar surface area (TPSA) is 87.5 Å². The van der Waals surface area contributed by atoms with E-state index >= 15 is 0 Å². The van der Waals surface area contributed by atoms with Gasteiger partial charge in [-0.25, -0.2) is 9.37 Å². The molecule has 1 amide bonds. The van der Waals surface area contributed by atoms with Crippen LogP contribution in [-0.2, 0) is 4.79 Å². The van der Waals surface area contributed by atoms with Crippen molar-refractivity contribution in [1.29, 1.82) is 5.26 Å². The Kier molecular flexibility index (Phi) is 7.09. The van der Waals surface area contributed by atoms with Crippen molar-refractivity contribution in [3.8, 4) is 29.5 Å². The molecule has 2 aromatic rings. The van der Waals surface area contributed by atoms with Gasteiger partial charge in [-0.3, -0.25) is 9.69 Å². The van der Waals surface area contributed by atoms with Crippen LogP contribution in [-0.4, -0.2) is 61.4 Å². The molecule has 1 aromatic heterocycles. The van der Waals surface area contributed by atoms with Gasteiger partial charge in [-0.1, -0.05) is 18.8 Å². The Hall–Kier alpha value is -3.36.